The molecular formula is C18H31N3O. The Hall–Kier alpha value is -1.03. The Balaban J connectivity index is 1.37. The summed E-state index contributed by atoms with van der Waals surface area (Å²) in [4.78, 5) is 6.88. The van der Waals surface area contributed by atoms with Gasteiger partial charge in [-0.25, -0.2) is 0 Å². The summed E-state index contributed by atoms with van der Waals surface area (Å²) in [6, 6.07) is 0. The van der Waals surface area contributed by atoms with E-state index in [9.17, 15) is 0 Å². The Bertz CT molecular complexity index is 395. The quantitative estimate of drug-likeness (QED) is 0.482. The molecule has 2 aliphatic carbocycles. The van der Waals surface area contributed by atoms with Gasteiger partial charge in [0.05, 0.1) is 6.10 Å². The predicted molar refractivity (Wildman–Crippen MR) is 91.1 cm³/mol. The highest BCUT2D eigenvalue weighted by atomic mass is 16.5. The summed E-state index contributed by atoms with van der Waals surface area (Å²) in [5, 5.41) is 3.59. The molecule has 1 atom stereocenters. The van der Waals surface area contributed by atoms with Gasteiger partial charge in [0.25, 0.3) is 0 Å². The number of likely N-dealkylation sites (tertiary alicyclic amines) is 1. The van der Waals surface area contributed by atoms with Gasteiger partial charge in [0.2, 0.25) is 0 Å². The van der Waals surface area contributed by atoms with Gasteiger partial charge < -0.3 is 15.0 Å². The lowest BCUT2D eigenvalue weighted by Gasteiger charge is -2.34. The number of piperidine rings is 1. The third-order valence-electron chi connectivity index (χ3n) is 5.14. The lowest BCUT2D eigenvalue weighted by Crippen LogP contribution is -2.48. The highest BCUT2D eigenvalue weighted by Crippen LogP contribution is 2.30. The van der Waals surface area contributed by atoms with E-state index in [-0.39, 0.29) is 0 Å². The van der Waals surface area contributed by atoms with E-state index in [0.29, 0.717) is 6.10 Å². The van der Waals surface area contributed by atoms with Crippen LogP contribution < -0.4 is 5.32 Å². The molecular weight excluding hydrogens is 274 g/mol. The first-order valence-corrected chi connectivity index (χ1v) is 9.07. The summed E-state index contributed by atoms with van der Waals surface area (Å²) in [7, 11) is 1.90. The summed E-state index contributed by atoms with van der Waals surface area (Å²) in [6.45, 7) is 4.18. The van der Waals surface area contributed by atoms with Crippen molar-refractivity contribution < 1.29 is 4.74 Å². The average molecular weight is 305 g/mol. The predicted octanol–water partition coefficient (Wildman–Crippen LogP) is 2.81. The Morgan fingerprint density at radius 2 is 1.95 bits per heavy atom. The molecule has 1 unspecified atom stereocenters. The van der Waals surface area contributed by atoms with Crippen LogP contribution in [0.2, 0.25) is 0 Å². The molecule has 1 saturated carbocycles. The van der Waals surface area contributed by atoms with Gasteiger partial charge in [-0.15, -0.1) is 0 Å². The molecule has 124 valence electrons. The van der Waals surface area contributed by atoms with Gasteiger partial charge in [-0.3, -0.25) is 4.99 Å². The molecule has 1 heterocycles. The lowest BCUT2D eigenvalue weighted by molar-refractivity contribution is 0.0131. The van der Waals surface area contributed by atoms with Gasteiger partial charge in [0, 0.05) is 33.3 Å². The maximum Gasteiger partial charge on any atom is 0.193 e. The first kappa shape index (κ1) is 15.9. The van der Waals surface area contributed by atoms with Crippen molar-refractivity contribution in [1.29, 1.82) is 0 Å². The van der Waals surface area contributed by atoms with Crippen molar-refractivity contribution >= 4 is 5.96 Å². The van der Waals surface area contributed by atoms with Crippen LogP contribution >= 0.6 is 0 Å². The third kappa shape index (κ3) is 4.73. The standard InChI is InChI=1S/C18H31N3O/c1-19-18(20-13-15-5-3-2-4-6-15)21-11-9-17(10-12-21)22-14-16-7-8-16/h2-3,15-17H,4-14H2,1H3,(H,19,20). The molecule has 0 aromatic heterocycles. The number of ether oxygens (including phenoxy) is 1. The number of allylic oxidation sites excluding steroid dienone is 2. The van der Waals surface area contributed by atoms with E-state index in [0.717, 1.165) is 56.9 Å². The molecule has 0 amide bonds. The van der Waals surface area contributed by atoms with Crippen LogP contribution in [0.15, 0.2) is 17.1 Å². The molecule has 3 rings (SSSR count). The van der Waals surface area contributed by atoms with Crippen molar-refractivity contribution in [2.24, 2.45) is 16.8 Å². The molecule has 3 aliphatic rings. The average Bonchev–Trinajstić information content (AvgIpc) is 3.40. The van der Waals surface area contributed by atoms with Crippen LogP contribution in [-0.2, 0) is 4.74 Å². The SMILES string of the molecule is CN=C(NCC1CC=CCC1)N1CCC(OCC2CC2)CC1. The van der Waals surface area contributed by atoms with Gasteiger partial charge >= 0.3 is 0 Å². The second-order valence-corrected chi connectivity index (χ2v) is 7.04. The number of nitrogens with zero attached hydrogens (tertiary/aromatic N) is 2. The van der Waals surface area contributed by atoms with E-state index >= 15 is 0 Å². The van der Waals surface area contributed by atoms with E-state index in [2.05, 4.69) is 27.4 Å². The molecule has 0 spiro atoms. The fourth-order valence-corrected chi connectivity index (χ4v) is 3.40. The molecule has 0 aromatic rings. The van der Waals surface area contributed by atoms with Crippen molar-refractivity contribution in [3.05, 3.63) is 12.2 Å². The minimum atomic E-state index is 0.471. The molecule has 1 N–H and O–H groups in total. The zero-order valence-electron chi connectivity index (χ0n) is 14.0. The largest absolute Gasteiger partial charge is 0.378 e. The molecule has 0 radical (unpaired) electrons. The van der Waals surface area contributed by atoms with Crippen molar-refractivity contribution in [2.75, 3.05) is 33.3 Å². The lowest BCUT2D eigenvalue weighted by atomic mass is 9.94. The second kappa shape index (κ2) is 8.00. The molecule has 2 fully saturated rings. The fourth-order valence-electron chi connectivity index (χ4n) is 3.40. The molecule has 0 aromatic carbocycles. The van der Waals surface area contributed by atoms with Crippen molar-refractivity contribution in [3.63, 3.8) is 0 Å². The molecule has 4 nitrogen and oxygen atoms in total. The smallest absolute Gasteiger partial charge is 0.193 e. The zero-order valence-corrected chi connectivity index (χ0v) is 14.0. The van der Waals surface area contributed by atoms with E-state index in [1.54, 1.807) is 0 Å². The normalized spacial score (nSPS) is 27.2. The van der Waals surface area contributed by atoms with Crippen LogP contribution in [0.3, 0.4) is 0 Å². The Morgan fingerprint density at radius 1 is 1.14 bits per heavy atom. The van der Waals surface area contributed by atoms with Gasteiger partial charge in [-0.05, 0) is 56.8 Å². The van der Waals surface area contributed by atoms with E-state index < -0.39 is 0 Å². The van der Waals surface area contributed by atoms with Crippen molar-refractivity contribution in [1.82, 2.24) is 10.2 Å². The number of aliphatic imine (C=N–C) groups is 1. The fraction of sp³-hybridized carbons (Fsp3) is 0.833. The van der Waals surface area contributed by atoms with Crippen LogP contribution in [0.25, 0.3) is 0 Å². The molecule has 22 heavy (non-hydrogen) atoms. The van der Waals surface area contributed by atoms with Gasteiger partial charge in [-0.1, -0.05) is 12.2 Å². The van der Waals surface area contributed by atoms with Crippen LogP contribution in [0, 0.1) is 11.8 Å². The van der Waals surface area contributed by atoms with Crippen LogP contribution in [-0.4, -0.2) is 50.3 Å². The van der Waals surface area contributed by atoms with Crippen molar-refractivity contribution in [3.8, 4) is 0 Å². The zero-order chi connectivity index (χ0) is 15.2. The van der Waals surface area contributed by atoms with E-state index in [1.165, 1.54) is 32.1 Å². The van der Waals surface area contributed by atoms with E-state index in [4.69, 9.17) is 4.74 Å². The van der Waals surface area contributed by atoms with Crippen LogP contribution in [0.1, 0.15) is 44.9 Å². The monoisotopic (exact) mass is 305 g/mol. The summed E-state index contributed by atoms with van der Waals surface area (Å²) in [5.41, 5.74) is 0. The Morgan fingerprint density at radius 3 is 2.59 bits per heavy atom. The van der Waals surface area contributed by atoms with Crippen LogP contribution in [0.5, 0.6) is 0 Å². The van der Waals surface area contributed by atoms with E-state index in [1.807, 2.05) is 7.05 Å². The Labute approximate surface area is 135 Å². The third-order valence-corrected chi connectivity index (χ3v) is 5.14. The Kier molecular flexibility index (Phi) is 5.76. The maximum absolute atomic E-state index is 6.03. The molecule has 1 aliphatic heterocycles. The first-order valence-electron chi connectivity index (χ1n) is 9.07. The highest BCUT2D eigenvalue weighted by Gasteiger charge is 2.26. The first-order chi connectivity index (χ1) is 10.8. The summed E-state index contributed by atoms with van der Waals surface area (Å²) >= 11 is 0. The van der Waals surface area contributed by atoms with Gasteiger partial charge in [0.15, 0.2) is 5.96 Å². The van der Waals surface area contributed by atoms with Gasteiger partial charge in [-0.2, -0.15) is 0 Å². The number of hydrogen-bond acceptors (Lipinski definition) is 2. The maximum atomic E-state index is 6.03. The minimum Gasteiger partial charge on any atom is -0.378 e. The summed E-state index contributed by atoms with van der Waals surface area (Å²) in [5.74, 6) is 2.72. The van der Waals surface area contributed by atoms with Crippen molar-refractivity contribution in [2.45, 2.75) is 51.0 Å². The molecule has 1 saturated heterocycles. The second-order valence-electron chi connectivity index (χ2n) is 7.04. The van der Waals surface area contributed by atoms with Crippen LogP contribution in [0.4, 0.5) is 0 Å². The topological polar surface area (TPSA) is 36.9 Å². The minimum absolute atomic E-state index is 0.471. The highest BCUT2D eigenvalue weighted by molar-refractivity contribution is 5.79. The summed E-state index contributed by atoms with van der Waals surface area (Å²) in [6.07, 6.45) is 13.9. The number of nitrogens with one attached hydrogen (secondary N) is 1. The molecule has 0 bridgehead atoms. The van der Waals surface area contributed by atoms with Gasteiger partial charge in [0.1, 0.15) is 0 Å². The molecule has 4 heteroatoms. The summed E-state index contributed by atoms with van der Waals surface area (Å²) < 4.78 is 6.03. The number of hydrogen-bond donors (Lipinski definition) is 1. The number of rotatable bonds is 5. The number of guanidine groups is 1.